The summed E-state index contributed by atoms with van der Waals surface area (Å²) in [5.41, 5.74) is 9.08. The van der Waals surface area contributed by atoms with Gasteiger partial charge in [-0.1, -0.05) is 0 Å². The van der Waals surface area contributed by atoms with Crippen LogP contribution in [0.3, 0.4) is 0 Å². The van der Waals surface area contributed by atoms with Crippen LogP contribution in [0.2, 0.25) is 0 Å². The Morgan fingerprint density at radius 2 is 1.81 bits per heavy atom. The highest BCUT2D eigenvalue weighted by Crippen LogP contribution is 2.23. The Morgan fingerprint density at radius 3 is 2.46 bits per heavy atom. The molecule has 5 nitrogen and oxygen atoms in total. The lowest BCUT2D eigenvalue weighted by Crippen LogP contribution is -2.31. The molecule has 26 heavy (non-hydrogen) atoms. The van der Waals surface area contributed by atoms with Crippen LogP contribution in [-0.4, -0.2) is 39.7 Å². The minimum Gasteiger partial charge on any atom is -0.337 e. The van der Waals surface area contributed by atoms with Crippen LogP contribution in [-0.2, 0) is 0 Å². The lowest BCUT2D eigenvalue weighted by molar-refractivity contribution is 0.0791. The van der Waals surface area contributed by atoms with Crippen molar-refractivity contribution in [1.82, 2.24) is 14.7 Å². The van der Waals surface area contributed by atoms with Crippen LogP contribution in [0.1, 0.15) is 16.8 Å². The lowest BCUT2D eigenvalue weighted by atomic mass is 10.1. The van der Waals surface area contributed by atoms with Crippen molar-refractivity contribution in [3.8, 4) is 16.9 Å². The van der Waals surface area contributed by atoms with Crippen molar-refractivity contribution >= 4 is 5.91 Å². The summed E-state index contributed by atoms with van der Waals surface area (Å²) >= 11 is 0. The van der Waals surface area contributed by atoms with Gasteiger partial charge in [0.05, 0.1) is 17.6 Å². The van der Waals surface area contributed by atoms with Gasteiger partial charge in [0.1, 0.15) is 5.82 Å². The first-order valence-corrected chi connectivity index (χ1v) is 8.57. The first-order valence-electron chi connectivity index (χ1n) is 8.57. The van der Waals surface area contributed by atoms with Gasteiger partial charge in [0.25, 0.3) is 5.91 Å². The molecule has 2 N–H and O–H groups in total. The Kier molecular flexibility index (Phi) is 4.26. The zero-order valence-electron chi connectivity index (χ0n) is 14.2. The minimum atomic E-state index is -0.274. The highest BCUT2D eigenvalue weighted by Gasteiger charge is 2.24. The third-order valence-electron chi connectivity index (χ3n) is 4.65. The Bertz CT molecular complexity index is 918. The zero-order valence-corrected chi connectivity index (χ0v) is 14.2. The molecule has 1 atom stereocenters. The van der Waals surface area contributed by atoms with E-state index < -0.39 is 0 Å². The molecule has 3 aromatic rings. The van der Waals surface area contributed by atoms with E-state index in [1.807, 2.05) is 18.2 Å². The molecule has 1 fully saturated rings. The van der Waals surface area contributed by atoms with E-state index in [0.717, 1.165) is 23.4 Å². The van der Waals surface area contributed by atoms with Gasteiger partial charge in [0, 0.05) is 30.3 Å². The molecule has 1 aliphatic rings. The van der Waals surface area contributed by atoms with Crippen molar-refractivity contribution in [2.24, 2.45) is 5.73 Å². The number of hydrogen-bond donors (Lipinski definition) is 1. The molecule has 0 bridgehead atoms. The van der Waals surface area contributed by atoms with Gasteiger partial charge in [-0.2, -0.15) is 5.10 Å². The number of rotatable bonds is 3. The number of aromatic nitrogens is 2. The van der Waals surface area contributed by atoms with Crippen LogP contribution >= 0.6 is 0 Å². The second kappa shape index (κ2) is 6.72. The molecule has 4 rings (SSSR count). The van der Waals surface area contributed by atoms with Crippen LogP contribution in [0.25, 0.3) is 16.9 Å². The van der Waals surface area contributed by atoms with Crippen LogP contribution in [0.4, 0.5) is 4.39 Å². The van der Waals surface area contributed by atoms with Gasteiger partial charge in [0.15, 0.2) is 0 Å². The number of hydrogen-bond acceptors (Lipinski definition) is 3. The molecule has 1 aliphatic heterocycles. The quantitative estimate of drug-likeness (QED) is 0.790. The summed E-state index contributed by atoms with van der Waals surface area (Å²) in [7, 11) is 0. The second-order valence-corrected chi connectivity index (χ2v) is 6.48. The molecule has 6 heteroatoms. The van der Waals surface area contributed by atoms with Crippen molar-refractivity contribution in [3.05, 3.63) is 72.2 Å². The molecule has 0 radical (unpaired) electrons. The van der Waals surface area contributed by atoms with E-state index in [4.69, 9.17) is 5.73 Å². The van der Waals surface area contributed by atoms with Crippen LogP contribution in [0.15, 0.2) is 60.8 Å². The van der Waals surface area contributed by atoms with E-state index in [1.165, 1.54) is 12.1 Å². The molecule has 0 saturated carbocycles. The zero-order chi connectivity index (χ0) is 18.1. The molecular weight excluding hydrogens is 331 g/mol. The number of nitrogens with zero attached hydrogens (tertiary/aromatic N) is 3. The largest absolute Gasteiger partial charge is 0.337 e. The number of carbonyl (C=O) groups excluding carboxylic acids is 1. The topological polar surface area (TPSA) is 64.2 Å². The van der Waals surface area contributed by atoms with E-state index in [9.17, 15) is 9.18 Å². The highest BCUT2D eigenvalue weighted by atomic mass is 19.1. The van der Waals surface area contributed by atoms with Gasteiger partial charge in [-0.15, -0.1) is 0 Å². The Labute approximate surface area is 150 Å². The molecule has 1 amide bonds. The predicted molar refractivity (Wildman–Crippen MR) is 97.5 cm³/mol. The van der Waals surface area contributed by atoms with E-state index in [-0.39, 0.29) is 17.8 Å². The van der Waals surface area contributed by atoms with Crippen LogP contribution in [0.5, 0.6) is 0 Å². The summed E-state index contributed by atoms with van der Waals surface area (Å²) in [6.07, 6.45) is 2.54. The normalized spacial score (nSPS) is 16.8. The average Bonchev–Trinajstić information content (AvgIpc) is 3.31. The molecule has 1 aromatic heterocycles. The van der Waals surface area contributed by atoms with E-state index in [1.54, 1.807) is 40.0 Å². The summed E-state index contributed by atoms with van der Waals surface area (Å²) in [5.74, 6) is -0.270. The second-order valence-electron chi connectivity index (χ2n) is 6.48. The Morgan fingerprint density at radius 1 is 1.08 bits per heavy atom. The maximum atomic E-state index is 13.2. The SMILES string of the molecule is N[C@H]1CCN(C(=O)c2ccc(-n3nccc3-c3ccc(F)cc3)cc2)C1. The van der Waals surface area contributed by atoms with Crippen LogP contribution in [0, 0.1) is 5.82 Å². The average molecular weight is 350 g/mol. The third-order valence-corrected chi connectivity index (χ3v) is 4.65. The summed E-state index contributed by atoms with van der Waals surface area (Å²) in [6.45, 7) is 1.31. The number of likely N-dealkylation sites (tertiary alicyclic amines) is 1. The Balaban J connectivity index is 1.59. The maximum Gasteiger partial charge on any atom is 0.253 e. The van der Waals surface area contributed by atoms with Crippen molar-refractivity contribution in [1.29, 1.82) is 0 Å². The molecule has 0 spiro atoms. The monoisotopic (exact) mass is 350 g/mol. The minimum absolute atomic E-state index is 0.00345. The standard InChI is InChI=1S/C20H19FN4O/c21-16-5-1-14(2-6-16)19-9-11-23-25(19)18-7-3-15(4-8-18)20(26)24-12-10-17(22)13-24/h1-9,11,17H,10,12-13,22H2/t17-/m0/s1. The van der Waals surface area contributed by atoms with Gasteiger partial charge in [-0.25, -0.2) is 9.07 Å². The first kappa shape index (κ1) is 16.5. The van der Waals surface area contributed by atoms with Crippen molar-refractivity contribution < 1.29 is 9.18 Å². The molecule has 1 saturated heterocycles. The fourth-order valence-corrected chi connectivity index (χ4v) is 3.25. The van der Waals surface area contributed by atoms with Gasteiger partial charge < -0.3 is 10.6 Å². The molecule has 0 unspecified atom stereocenters. The van der Waals surface area contributed by atoms with Gasteiger partial charge in [-0.3, -0.25) is 4.79 Å². The molecule has 2 heterocycles. The molecule has 132 valence electrons. The van der Waals surface area contributed by atoms with E-state index in [0.29, 0.717) is 18.7 Å². The van der Waals surface area contributed by atoms with Crippen molar-refractivity contribution in [2.45, 2.75) is 12.5 Å². The van der Waals surface area contributed by atoms with Crippen LogP contribution < -0.4 is 5.73 Å². The molecular formula is C20H19FN4O. The van der Waals surface area contributed by atoms with E-state index in [2.05, 4.69) is 5.10 Å². The maximum absolute atomic E-state index is 13.2. The number of halogens is 1. The summed E-state index contributed by atoms with van der Waals surface area (Å²) < 4.78 is 14.9. The van der Waals surface area contributed by atoms with Crippen molar-refractivity contribution in [3.63, 3.8) is 0 Å². The number of benzene rings is 2. The summed E-state index contributed by atoms with van der Waals surface area (Å²) in [4.78, 5) is 14.3. The Hall–Kier alpha value is -2.99. The van der Waals surface area contributed by atoms with Gasteiger partial charge in [-0.05, 0) is 61.0 Å². The number of amides is 1. The smallest absolute Gasteiger partial charge is 0.253 e. The summed E-state index contributed by atoms with van der Waals surface area (Å²) in [5, 5.41) is 4.36. The fraction of sp³-hybridized carbons (Fsp3) is 0.200. The number of carbonyl (C=O) groups is 1. The van der Waals surface area contributed by atoms with E-state index >= 15 is 0 Å². The van der Waals surface area contributed by atoms with Gasteiger partial charge >= 0.3 is 0 Å². The first-order chi connectivity index (χ1) is 12.6. The predicted octanol–water partition coefficient (Wildman–Crippen LogP) is 2.85. The number of nitrogens with two attached hydrogens (primary N) is 1. The highest BCUT2D eigenvalue weighted by molar-refractivity contribution is 5.94. The lowest BCUT2D eigenvalue weighted by Gasteiger charge is -2.16. The third kappa shape index (κ3) is 3.11. The fourth-order valence-electron chi connectivity index (χ4n) is 3.25. The van der Waals surface area contributed by atoms with Crippen molar-refractivity contribution in [2.75, 3.05) is 13.1 Å². The summed E-state index contributed by atoms with van der Waals surface area (Å²) in [6, 6.07) is 15.6. The molecule has 0 aliphatic carbocycles. The van der Waals surface area contributed by atoms with Gasteiger partial charge in [0.2, 0.25) is 0 Å². The molecule has 2 aromatic carbocycles.